The van der Waals surface area contributed by atoms with Gasteiger partial charge in [0.25, 0.3) is 5.91 Å². The van der Waals surface area contributed by atoms with E-state index in [1.54, 1.807) is 48.5 Å². The summed E-state index contributed by atoms with van der Waals surface area (Å²) >= 11 is 27.0. The molecule has 0 saturated heterocycles. The number of halogens is 5. The van der Waals surface area contributed by atoms with Crippen molar-refractivity contribution in [3.05, 3.63) is 63.6 Å². The number of rotatable bonds is 4. The first-order chi connectivity index (χ1) is 10.8. The van der Waals surface area contributed by atoms with Crippen LogP contribution < -0.4 is 10.6 Å². The Morgan fingerprint density at radius 2 is 1.57 bits per heavy atom. The van der Waals surface area contributed by atoms with Crippen molar-refractivity contribution < 1.29 is 4.79 Å². The maximum Gasteiger partial charge on any atom is 0.252 e. The zero-order valence-corrected chi connectivity index (χ0v) is 16.1. The van der Waals surface area contributed by atoms with Crippen LogP contribution in [-0.4, -0.2) is 15.9 Å². The molecule has 0 fully saturated rings. The summed E-state index contributed by atoms with van der Waals surface area (Å²) in [4.78, 5) is 12.3. The molecule has 3 nitrogen and oxygen atoms in total. The van der Waals surface area contributed by atoms with Crippen molar-refractivity contribution in [1.29, 1.82) is 0 Å². The molecule has 8 heteroatoms. The summed E-state index contributed by atoms with van der Waals surface area (Å²) < 4.78 is -0.878. The van der Waals surface area contributed by atoms with Gasteiger partial charge in [-0.05, 0) is 48.5 Å². The third kappa shape index (κ3) is 5.73. The highest BCUT2D eigenvalue weighted by molar-refractivity contribution is 9.10. The largest absolute Gasteiger partial charge is 0.362 e. The predicted molar refractivity (Wildman–Crippen MR) is 101 cm³/mol. The molecule has 122 valence electrons. The normalized spacial score (nSPS) is 12.6. The molecular weight excluding hydrogens is 446 g/mol. The smallest absolute Gasteiger partial charge is 0.252 e. The van der Waals surface area contributed by atoms with Crippen LogP contribution in [0.1, 0.15) is 10.4 Å². The molecule has 0 radical (unpaired) electrons. The molecule has 1 atom stereocenters. The number of hydrogen-bond acceptors (Lipinski definition) is 2. The highest BCUT2D eigenvalue weighted by Gasteiger charge is 2.34. The number of carbonyl (C=O) groups excluding carboxylic acids is 1. The van der Waals surface area contributed by atoms with Gasteiger partial charge in [0.2, 0.25) is 3.79 Å². The summed E-state index contributed by atoms with van der Waals surface area (Å²) in [5, 5.41) is 6.21. The van der Waals surface area contributed by atoms with E-state index in [1.807, 2.05) is 0 Å². The lowest BCUT2D eigenvalue weighted by Crippen LogP contribution is -2.49. The second-order valence-electron chi connectivity index (χ2n) is 4.61. The minimum atomic E-state index is -1.75. The van der Waals surface area contributed by atoms with Gasteiger partial charge >= 0.3 is 0 Å². The van der Waals surface area contributed by atoms with E-state index < -0.39 is 9.96 Å². The molecule has 0 aliphatic heterocycles. The highest BCUT2D eigenvalue weighted by atomic mass is 79.9. The molecule has 2 N–H and O–H groups in total. The van der Waals surface area contributed by atoms with Crippen LogP contribution in [0.4, 0.5) is 5.69 Å². The van der Waals surface area contributed by atoms with Crippen molar-refractivity contribution in [3.63, 3.8) is 0 Å². The molecule has 0 heterocycles. The van der Waals surface area contributed by atoms with Crippen LogP contribution in [0.15, 0.2) is 53.0 Å². The Labute approximate surface area is 162 Å². The Bertz CT molecular complexity index is 671. The summed E-state index contributed by atoms with van der Waals surface area (Å²) in [5.74, 6) is -0.365. The third-order valence-electron chi connectivity index (χ3n) is 2.86. The topological polar surface area (TPSA) is 41.1 Å². The van der Waals surface area contributed by atoms with Gasteiger partial charge in [-0.2, -0.15) is 0 Å². The second kappa shape index (κ2) is 7.95. The zero-order valence-electron chi connectivity index (χ0n) is 11.5. The average molecular weight is 457 g/mol. The van der Waals surface area contributed by atoms with Crippen molar-refractivity contribution in [1.82, 2.24) is 5.32 Å². The lowest BCUT2D eigenvalue weighted by Gasteiger charge is -2.27. The fraction of sp³-hybridized carbons (Fsp3) is 0.133. The fourth-order valence-electron chi connectivity index (χ4n) is 1.73. The maximum absolute atomic E-state index is 12.3. The molecule has 23 heavy (non-hydrogen) atoms. The molecule has 2 aromatic rings. The standard InChI is InChI=1S/C15H11BrCl4N2O/c16-10-3-1-9(2-4-10)13(23)22-14(15(18,19)20)21-12-7-5-11(17)6-8-12/h1-8,14,21H,(H,22,23)/t14-/m1/s1. The van der Waals surface area contributed by atoms with Gasteiger partial charge in [0, 0.05) is 20.7 Å². The Morgan fingerprint density at radius 1 is 1.00 bits per heavy atom. The number of benzene rings is 2. The molecule has 0 unspecified atom stereocenters. The lowest BCUT2D eigenvalue weighted by molar-refractivity contribution is 0.0942. The van der Waals surface area contributed by atoms with Crippen LogP contribution in [0.5, 0.6) is 0 Å². The van der Waals surface area contributed by atoms with Gasteiger partial charge in [-0.25, -0.2) is 0 Å². The second-order valence-corrected chi connectivity index (χ2v) is 8.33. The van der Waals surface area contributed by atoms with Crippen LogP contribution in [-0.2, 0) is 0 Å². The van der Waals surface area contributed by atoms with E-state index in [0.29, 0.717) is 16.3 Å². The van der Waals surface area contributed by atoms with Crippen LogP contribution in [0.2, 0.25) is 5.02 Å². The third-order valence-corrected chi connectivity index (χ3v) is 4.30. The van der Waals surface area contributed by atoms with Gasteiger partial charge in [-0.3, -0.25) is 4.79 Å². The zero-order chi connectivity index (χ0) is 17.0. The van der Waals surface area contributed by atoms with Gasteiger partial charge in [-0.15, -0.1) is 0 Å². The number of hydrogen-bond donors (Lipinski definition) is 2. The molecule has 2 rings (SSSR count). The molecule has 1 amide bonds. The summed E-state index contributed by atoms with van der Waals surface area (Å²) in [7, 11) is 0. The number of anilines is 1. The average Bonchev–Trinajstić information content (AvgIpc) is 2.48. The Kier molecular flexibility index (Phi) is 6.46. The van der Waals surface area contributed by atoms with Gasteiger partial charge in [0.05, 0.1) is 0 Å². The van der Waals surface area contributed by atoms with Crippen molar-refractivity contribution in [2.45, 2.75) is 9.96 Å². The fourth-order valence-corrected chi connectivity index (χ4v) is 2.45. The first-order valence-electron chi connectivity index (χ1n) is 6.41. The molecule has 0 aromatic heterocycles. The Morgan fingerprint density at radius 3 is 2.09 bits per heavy atom. The van der Waals surface area contributed by atoms with E-state index in [4.69, 9.17) is 46.4 Å². The number of amides is 1. The summed E-state index contributed by atoms with van der Waals surface area (Å²) in [6.07, 6.45) is -0.926. The predicted octanol–water partition coefficient (Wildman–Crippen LogP) is 5.64. The van der Waals surface area contributed by atoms with E-state index in [2.05, 4.69) is 26.6 Å². The number of carbonyl (C=O) groups is 1. The van der Waals surface area contributed by atoms with E-state index in [1.165, 1.54) is 0 Å². The monoisotopic (exact) mass is 454 g/mol. The van der Waals surface area contributed by atoms with Crippen molar-refractivity contribution in [2.24, 2.45) is 0 Å². The molecular formula is C15H11BrCl4N2O. The Balaban J connectivity index is 2.14. The van der Waals surface area contributed by atoms with E-state index in [0.717, 1.165) is 4.47 Å². The summed E-state index contributed by atoms with van der Waals surface area (Å²) in [5.41, 5.74) is 1.10. The number of nitrogens with one attached hydrogen (secondary N) is 2. The molecule has 0 spiro atoms. The summed E-state index contributed by atoms with van der Waals surface area (Å²) in [6, 6.07) is 13.7. The lowest BCUT2D eigenvalue weighted by atomic mass is 10.2. The van der Waals surface area contributed by atoms with E-state index >= 15 is 0 Å². The van der Waals surface area contributed by atoms with Gasteiger partial charge in [0.15, 0.2) is 0 Å². The van der Waals surface area contributed by atoms with E-state index in [9.17, 15) is 4.79 Å². The van der Waals surface area contributed by atoms with Crippen LogP contribution in [0, 0.1) is 0 Å². The SMILES string of the molecule is O=C(N[C@@H](Nc1ccc(Cl)cc1)C(Cl)(Cl)Cl)c1ccc(Br)cc1. The molecule has 0 aliphatic rings. The highest BCUT2D eigenvalue weighted by Crippen LogP contribution is 2.31. The minimum Gasteiger partial charge on any atom is -0.362 e. The van der Waals surface area contributed by atoms with Crippen LogP contribution in [0.3, 0.4) is 0 Å². The van der Waals surface area contributed by atoms with Gasteiger partial charge in [-0.1, -0.05) is 62.3 Å². The quantitative estimate of drug-likeness (QED) is 0.461. The molecule has 2 aromatic carbocycles. The molecule has 0 bridgehead atoms. The van der Waals surface area contributed by atoms with Gasteiger partial charge < -0.3 is 10.6 Å². The van der Waals surface area contributed by atoms with Crippen LogP contribution >= 0.6 is 62.3 Å². The minimum absolute atomic E-state index is 0.365. The van der Waals surface area contributed by atoms with E-state index in [-0.39, 0.29) is 5.91 Å². The van der Waals surface area contributed by atoms with Crippen molar-refractivity contribution >= 4 is 73.9 Å². The first kappa shape index (κ1) is 18.7. The summed E-state index contributed by atoms with van der Waals surface area (Å²) in [6.45, 7) is 0. The maximum atomic E-state index is 12.3. The first-order valence-corrected chi connectivity index (χ1v) is 8.71. The van der Waals surface area contributed by atoms with Gasteiger partial charge in [0.1, 0.15) is 6.17 Å². The van der Waals surface area contributed by atoms with Crippen LogP contribution in [0.25, 0.3) is 0 Å². The van der Waals surface area contributed by atoms with Crippen molar-refractivity contribution in [3.8, 4) is 0 Å². The Hall–Kier alpha value is -0.650. The number of alkyl halides is 3. The van der Waals surface area contributed by atoms with Crippen molar-refractivity contribution in [2.75, 3.05) is 5.32 Å². The molecule has 0 aliphatic carbocycles. The molecule has 0 saturated carbocycles.